The largest absolute Gasteiger partial charge is 0.204 e. The SMILES string of the molecule is C=C(c1ccc(F)c(F)c1)c1nn[nH]n1. The van der Waals surface area contributed by atoms with Gasteiger partial charge in [-0.3, -0.25) is 0 Å². The first-order valence-electron chi connectivity index (χ1n) is 4.06. The van der Waals surface area contributed by atoms with Crippen molar-refractivity contribution >= 4 is 5.57 Å². The number of benzene rings is 1. The molecule has 1 aromatic carbocycles. The molecule has 76 valence electrons. The molecule has 0 bridgehead atoms. The van der Waals surface area contributed by atoms with Crippen LogP contribution in [0.4, 0.5) is 8.78 Å². The highest BCUT2D eigenvalue weighted by molar-refractivity contribution is 5.73. The van der Waals surface area contributed by atoms with Gasteiger partial charge in [0.05, 0.1) is 0 Å². The van der Waals surface area contributed by atoms with Crippen molar-refractivity contribution in [2.24, 2.45) is 0 Å². The lowest BCUT2D eigenvalue weighted by molar-refractivity contribution is 0.508. The van der Waals surface area contributed by atoms with Crippen LogP contribution in [0.3, 0.4) is 0 Å². The van der Waals surface area contributed by atoms with Gasteiger partial charge in [-0.1, -0.05) is 12.6 Å². The second kappa shape index (κ2) is 3.56. The van der Waals surface area contributed by atoms with Crippen LogP contribution in [0.2, 0.25) is 0 Å². The smallest absolute Gasteiger partial charge is 0.204 e. The Bertz CT molecular complexity index is 493. The summed E-state index contributed by atoms with van der Waals surface area (Å²) in [6.45, 7) is 3.66. The van der Waals surface area contributed by atoms with Crippen LogP contribution in [0, 0.1) is 11.6 Å². The predicted molar refractivity (Wildman–Crippen MR) is 48.7 cm³/mol. The maximum Gasteiger partial charge on any atom is 0.204 e. The number of hydrogen-bond donors (Lipinski definition) is 1. The number of hydrogen-bond acceptors (Lipinski definition) is 3. The summed E-state index contributed by atoms with van der Waals surface area (Å²) >= 11 is 0. The summed E-state index contributed by atoms with van der Waals surface area (Å²) in [7, 11) is 0. The number of aromatic nitrogens is 4. The molecular formula is C9H6F2N4. The molecule has 0 amide bonds. The van der Waals surface area contributed by atoms with Crippen LogP contribution in [0.15, 0.2) is 24.8 Å². The fourth-order valence-corrected chi connectivity index (χ4v) is 1.10. The van der Waals surface area contributed by atoms with E-state index in [4.69, 9.17) is 0 Å². The minimum Gasteiger partial charge on any atom is -0.204 e. The lowest BCUT2D eigenvalue weighted by Crippen LogP contribution is -1.92. The third-order valence-electron chi connectivity index (χ3n) is 1.88. The molecule has 0 aliphatic rings. The molecule has 2 aromatic rings. The van der Waals surface area contributed by atoms with E-state index in [1.165, 1.54) is 6.07 Å². The highest BCUT2D eigenvalue weighted by Crippen LogP contribution is 2.19. The van der Waals surface area contributed by atoms with E-state index >= 15 is 0 Å². The fraction of sp³-hybridized carbons (Fsp3) is 0. The van der Waals surface area contributed by atoms with Crippen LogP contribution in [0.1, 0.15) is 11.4 Å². The lowest BCUT2D eigenvalue weighted by Gasteiger charge is -2.01. The zero-order chi connectivity index (χ0) is 10.8. The normalized spacial score (nSPS) is 10.3. The van der Waals surface area contributed by atoms with E-state index in [1.54, 1.807) is 0 Å². The highest BCUT2D eigenvalue weighted by atomic mass is 19.2. The van der Waals surface area contributed by atoms with Gasteiger partial charge in [0.2, 0.25) is 5.82 Å². The van der Waals surface area contributed by atoms with Crippen LogP contribution in [-0.4, -0.2) is 20.6 Å². The van der Waals surface area contributed by atoms with Crippen molar-refractivity contribution in [1.82, 2.24) is 20.6 Å². The number of H-pyrrole nitrogens is 1. The van der Waals surface area contributed by atoms with Crippen molar-refractivity contribution in [3.8, 4) is 0 Å². The Morgan fingerprint density at radius 1 is 1.27 bits per heavy atom. The zero-order valence-corrected chi connectivity index (χ0v) is 7.54. The summed E-state index contributed by atoms with van der Waals surface area (Å²) in [5.41, 5.74) is 0.790. The quantitative estimate of drug-likeness (QED) is 0.814. The second-order valence-electron chi connectivity index (χ2n) is 2.84. The van der Waals surface area contributed by atoms with Gasteiger partial charge >= 0.3 is 0 Å². The molecule has 0 atom stereocenters. The van der Waals surface area contributed by atoms with Crippen molar-refractivity contribution in [3.63, 3.8) is 0 Å². The van der Waals surface area contributed by atoms with Crippen molar-refractivity contribution in [1.29, 1.82) is 0 Å². The summed E-state index contributed by atoms with van der Waals surface area (Å²) < 4.78 is 25.6. The molecule has 0 spiro atoms. The molecule has 1 aromatic heterocycles. The minimum atomic E-state index is -0.933. The lowest BCUT2D eigenvalue weighted by atomic mass is 10.1. The minimum absolute atomic E-state index is 0.251. The van der Waals surface area contributed by atoms with E-state index in [0.717, 1.165) is 12.1 Å². The standard InChI is InChI=1S/C9H6F2N4/c1-5(9-12-14-15-13-9)6-2-3-7(10)8(11)4-6/h2-4H,1H2,(H,12,13,14,15). The van der Waals surface area contributed by atoms with Gasteiger partial charge in [-0.25, -0.2) is 8.78 Å². The number of aromatic amines is 1. The Morgan fingerprint density at radius 2 is 2.07 bits per heavy atom. The Hall–Kier alpha value is -2.11. The first kappa shape index (κ1) is 9.45. The van der Waals surface area contributed by atoms with Gasteiger partial charge in [0.25, 0.3) is 0 Å². The molecule has 0 aliphatic carbocycles. The van der Waals surface area contributed by atoms with Gasteiger partial charge in [0.15, 0.2) is 11.6 Å². The second-order valence-corrected chi connectivity index (χ2v) is 2.84. The monoisotopic (exact) mass is 208 g/mol. The Kier molecular flexibility index (Phi) is 2.24. The molecular weight excluding hydrogens is 202 g/mol. The Morgan fingerprint density at radius 3 is 2.67 bits per heavy atom. The first-order chi connectivity index (χ1) is 7.18. The van der Waals surface area contributed by atoms with Gasteiger partial charge in [-0.15, -0.1) is 10.2 Å². The molecule has 0 saturated carbocycles. The summed E-state index contributed by atoms with van der Waals surface area (Å²) in [5.74, 6) is -1.59. The molecule has 1 heterocycles. The molecule has 0 fully saturated rings. The van der Waals surface area contributed by atoms with E-state index < -0.39 is 11.6 Å². The maximum atomic E-state index is 12.9. The Labute approximate surface area is 83.6 Å². The van der Waals surface area contributed by atoms with Crippen molar-refractivity contribution in [3.05, 3.63) is 47.8 Å². The molecule has 0 unspecified atom stereocenters. The van der Waals surface area contributed by atoms with Crippen LogP contribution in [-0.2, 0) is 0 Å². The van der Waals surface area contributed by atoms with Crippen molar-refractivity contribution < 1.29 is 8.78 Å². The molecule has 0 aliphatic heterocycles. The average molecular weight is 208 g/mol. The number of rotatable bonds is 2. The molecule has 6 heteroatoms. The average Bonchev–Trinajstić information content (AvgIpc) is 2.74. The number of halogens is 2. The number of nitrogens with one attached hydrogen (secondary N) is 1. The number of nitrogens with zero attached hydrogens (tertiary/aromatic N) is 3. The third-order valence-corrected chi connectivity index (χ3v) is 1.88. The van der Waals surface area contributed by atoms with E-state index in [9.17, 15) is 8.78 Å². The van der Waals surface area contributed by atoms with Crippen LogP contribution < -0.4 is 0 Å². The molecule has 1 N–H and O–H groups in total. The van der Waals surface area contributed by atoms with Crippen molar-refractivity contribution in [2.75, 3.05) is 0 Å². The van der Waals surface area contributed by atoms with Crippen LogP contribution in [0.25, 0.3) is 5.57 Å². The summed E-state index contributed by atoms with van der Waals surface area (Å²) in [5, 5.41) is 13.0. The topological polar surface area (TPSA) is 54.5 Å². The number of tetrazole rings is 1. The van der Waals surface area contributed by atoms with E-state index in [-0.39, 0.29) is 5.82 Å². The van der Waals surface area contributed by atoms with Gasteiger partial charge < -0.3 is 0 Å². The van der Waals surface area contributed by atoms with Gasteiger partial charge in [0, 0.05) is 5.57 Å². The molecule has 4 nitrogen and oxygen atoms in total. The molecule has 2 rings (SSSR count). The first-order valence-corrected chi connectivity index (χ1v) is 4.06. The zero-order valence-electron chi connectivity index (χ0n) is 7.54. The molecule has 0 saturated heterocycles. The van der Waals surface area contributed by atoms with Gasteiger partial charge in [-0.05, 0) is 22.9 Å². The van der Waals surface area contributed by atoms with Gasteiger partial charge in [-0.2, -0.15) is 5.21 Å². The van der Waals surface area contributed by atoms with E-state index in [2.05, 4.69) is 27.2 Å². The summed E-state index contributed by atoms with van der Waals surface area (Å²) in [6, 6.07) is 3.46. The molecule has 15 heavy (non-hydrogen) atoms. The van der Waals surface area contributed by atoms with Crippen LogP contribution in [0.5, 0.6) is 0 Å². The highest BCUT2D eigenvalue weighted by Gasteiger charge is 2.09. The summed E-state index contributed by atoms with van der Waals surface area (Å²) in [6.07, 6.45) is 0. The van der Waals surface area contributed by atoms with Gasteiger partial charge in [0.1, 0.15) is 0 Å². The Balaban J connectivity index is 2.39. The maximum absolute atomic E-state index is 12.9. The van der Waals surface area contributed by atoms with Crippen molar-refractivity contribution in [2.45, 2.75) is 0 Å². The van der Waals surface area contributed by atoms with E-state index in [0.29, 0.717) is 11.1 Å². The fourth-order valence-electron chi connectivity index (χ4n) is 1.10. The molecule has 0 radical (unpaired) electrons. The van der Waals surface area contributed by atoms with Crippen LogP contribution >= 0.6 is 0 Å². The third kappa shape index (κ3) is 1.74. The summed E-state index contributed by atoms with van der Waals surface area (Å²) in [4.78, 5) is 0. The van der Waals surface area contributed by atoms with E-state index in [1.807, 2.05) is 0 Å². The predicted octanol–water partition coefficient (Wildman–Crippen LogP) is 1.54.